The van der Waals surface area contributed by atoms with Gasteiger partial charge in [-0.2, -0.15) is 10.2 Å². The summed E-state index contributed by atoms with van der Waals surface area (Å²) in [6.45, 7) is 3.59. The number of carboxylic acids is 1. The van der Waals surface area contributed by atoms with E-state index in [2.05, 4.69) is 20.7 Å². The van der Waals surface area contributed by atoms with Crippen LogP contribution in [0, 0.1) is 13.8 Å². The Morgan fingerprint density at radius 2 is 1.97 bits per heavy atom. The fourth-order valence-corrected chi connectivity index (χ4v) is 2.57. The number of nitrogens with zero attached hydrogens (tertiary/aromatic N) is 2. The molecule has 1 aromatic heterocycles. The fourth-order valence-electron chi connectivity index (χ4n) is 2.57. The summed E-state index contributed by atoms with van der Waals surface area (Å²) in [5.41, 5.74) is 7.12. The molecule has 0 spiro atoms. The molecule has 3 aromatic rings. The largest absolute Gasteiger partial charge is 0.481 e. The number of nitrogens with one attached hydrogen (secondary N) is 2. The molecule has 0 aliphatic heterocycles. The number of hydrazone groups is 1. The molecule has 0 saturated carbocycles. The zero-order chi connectivity index (χ0) is 20.8. The Kier molecular flexibility index (Phi) is 6.03. The summed E-state index contributed by atoms with van der Waals surface area (Å²) in [6, 6.07) is 14.4. The van der Waals surface area contributed by atoms with Crippen LogP contribution in [-0.2, 0) is 4.79 Å². The van der Waals surface area contributed by atoms with Gasteiger partial charge < -0.3 is 9.84 Å². The SMILES string of the molecule is Cc1ccc(-c2cc(C(=O)N/N=C\c3ccccc3OCC(=O)O)[nH]n2)cc1C. The molecule has 148 valence electrons. The number of hydrogen-bond acceptors (Lipinski definition) is 5. The molecule has 2 aromatic carbocycles. The molecule has 3 N–H and O–H groups in total. The van der Waals surface area contributed by atoms with Crippen LogP contribution in [0.25, 0.3) is 11.3 Å². The van der Waals surface area contributed by atoms with E-state index in [1.54, 1.807) is 30.3 Å². The number of benzene rings is 2. The number of ether oxygens (including phenoxy) is 1. The summed E-state index contributed by atoms with van der Waals surface area (Å²) in [7, 11) is 0. The molecule has 0 aliphatic carbocycles. The maximum Gasteiger partial charge on any atom is 0.341 e. The van der Waals surface area contributed by atoms with Crippen molar-refractivity contribution in [2.24, 2.45) is 5.10 Å². The molecule has 8 nitrogen and oxygen atoms in total. The summed E-state index contributed by atoms with van der Waals surface area (Å²) >= 11 is 0. The Balaban J connectivity index is 1.67. The molecule has 1 heterocycles. The van der Waals surface area contributed by atoms with Gasteiger partial charge in [-0.1, -0.05) is 24.3 Å². The summed E-state index contributed by atoms with van der Waals surface area (Å²) < 4.78 is 5.19. The maximum absolute atomic E-state index is 12.3. The second kappa shape index (κ2) is 8.83. The molecule has 0 radical (unpaired) electrons. The van der Waals surface area contributed by atoms with Crippen molar-refractivity contribution in [3.05, 3.63) is 70.9 Å². The number of aromatic amines is 1. The maximum atomic E-state index is 12.3. The third-order valence-corrected chi connectivity index (χ3v) is 4.27. The van der Waals surface area contributed by atoms with E-state index in [-0.39, 0.29) is 5.69 Å². The summed E-state index contributed by atoms with van der Waals surface area (Å²) in [6.07, 6.45) is 1.38. The van der Waals surface area contributed by atoms with E-state index < -0.39 is 18.5 Å². The van der Waals surface area contributed by atoms with Crippen molar-refractivity contribution in [2.75, 3.05) is 6.61 Å². The lowest BCUT2D eigenvalue weighted by Crippen LogP contribution is -2.18. The minimum Gasteiger partial charge on any atom is -0.481 e. The Labute approximate surface area is 167 Å². The van der Waals surface area contributed by atoms with E-state index in [0.717, 1.165) is 11.1 Å². The van der Waals surface area contributed by atoms with Crippen LogP contribution >= 0.6 is 0 Å². The highest BCUT2D eigenvalue weighted by atomic mass is 16.5. The molecule has 0 atom stereocenters. The number of H-pyrrole nitrogens is 1. The number of amides is 1. The van der Waals surface area contributed by atoms with Crippen LogP contribution < -0.4 is 10.2 Å². The first-order valence-corrected chi connectivity index (χ1v) is 8.84. The highest BCUT2D eigenvalue weighted by Crippen LogP contribution is 2.21. The quantitative estimate of drug-likeness (QED) is 0.422. The smallest absolute Gasteiger partial charge is 0.341 e. The average molecular weight is 392 g/mol. The lowest BCUT2D eigenvalue weighted by Gasteiger charge is -2.06. The number of para-hydroxylation sites is 1. The highest BCUT2D eigenvalue weighted by molar-refractivity contribution is 5.94. The Hall–Kier alpha value is -3.94. The number of rotatable bonds is 7. The molecule has 0 aliphatic rings. The Morgan fingerprint density at radius 3 is 2.72 bits per heavy atom. The van der Waals surface area contributed by atoms with Crippen molar-refractivity contribution in [1.82, 2.24) is 15.6 Å². The summed E-state index contributed by atoms with van der Waals surface area (Å²) in [5.74, 6) is -1.18. The topological polar surface area (TPSA) is 117 Å². The van der Waals surface area contributed by atoms with Crippen molar-refractivity contribution in [3.8, 4) is 17.0 Å². The number of hydrogen-bond donors (Lipinski definition) is 3. The fraction of sp³-hybridized carbons (Fsp3) is 0.143. The summed E-state index contributed by atoms with van der Waals surface area (Å²) in [5, 5.41) is 19.5. The van der Waals surface area contributed by atoms with Crippen LogP contribution in [-0.4, -0.2) is 40.0 Å². The first-order valence-electron chi connectivity index (χ1n) is 8.84. The van der Waals surface area contributed by atoms with E-state index in [4.69, 9.17) is 9.84 Å². The van der Waals surface area contributed by atoms with Gasteiger partial charge in [0.15, 0.2) is 6.61 Å². The number of aliphatic carboxylic acids is 1. The van der Waals surface area contributed by atoms with Crippen LogP contribution in [0.4, 0.5) is 0 Å². The van der Waals surface area contributed by atoms with Crippen LogP contribution in [0.5, 0.6) is 5.75 Å². The highest BCUT2D eigenvalue weighted by Gasteiger charge is 2.11. The first kappa shape index (κ1) is 19.8. The van der Waals surface area contributed by atoms with Gasteiger partial charge in [-0.15, -0.1) is 0 Å². The van der Waals surface area contributed by atoms with Crippen molar-refractivity contribution in [2.45, 2.75) is 13.8 Å². The van der Waals surface area contributed by atoms with E-state index in [1.165, 1.54) is 11.8 Å². The molecule has 8 heteroatoms. The van der Waals surface area contributed by atoms with Crippen molar-refractivity contribution in [3.63, 3.8) is 0 Å². The van der Waals surface area contributed by atoms with Crippen molar-refractivity contribution < 1.29 is 19.4 Å². The van der Waals surface area contributed by atoms with E-state index in [0.29, 0.717) is 17.0 Å². The molecular formula is C21H20N4O4. The number of aryl methyl sites for hydroxylation is 2. The molecule has 29 heavy (non-hydrogen) atoms. The number of carbonyl (C=O) groups excluding carboxylic acids is 1. The van der Waals surface area contributed by atoms with Crippen molar-refractivity contribution in [1.29, 1.82) is 0 Å². The zero-order valence-electron chi connectivity index (χ0n) is 16.0. The molecule has 3 rings (SSSR count). The van der Waals surface area contributed by atoms with Gasteiger partial charge in [-0.25, -0.2) is 10.2 Å². The van der Waals surface area contributed by atoms with E-state index in [9.17, 15) is 9.59 Å². The normalized spacial score (nSPS) is 10.8. The minimum atomic E-state index is -1.08. The number of carboxylic acid groups (broad SMARTS) is 1. The van der Waals surface area contributed by atoms with Crippen LogP contribution in [0.3, 0.4) is 0 Å². The first-order chi connectivity index (χ1) is 13.9. The van der Waals surface area contributed by atoms with Gasteiger partial charge >= 0.3 is 5.97 Å². The van der Waals surface area contributed by atoms with Crippen LogP contribution in [0.2, 0.25) is 0 Å². The third-order valence-electron chi connectivity index (χ3n) is 4.27. The average Bonchev–Trinajstić information content (AvgIpc) is 3.19. The Morgan fingerprint density at radius 1 is 1.17 bits per heavy atom. The van der Waals surface area contributed by atoms with E-state index >= 15 is 0 Å². The van der Waals surface area contributed by atoms with Crippen LogP contribution in [0.15, 0.2) is 53.6 Å². The van der Waals surface area contributed by atoms with Gasteiger partial charge in [0.1, 0.15) is 11.4 Å². The zero-order valence-corrected chi connectivity index (χ0v) is 16.0. The second-order valence-corrected chi connectivity index (χ2v) is 6.39. The van der Waals surface area contributed by atoms with Crippen molar-refractivity contribution >= 4 is 18.1 Å². The van der Waals surface area contributed by atoms with Gasteiger partial charge in [-0.05, 0) is 49.2 Å². The summed E-state index contributed by atoms with van der Waals surface area (Å²) in [4.78, 5) is 23.0. The van der Waals surface area contributed by atoms with Crippen LogP contribution in [0.1, 0.15) is 27.2 Å². The van der Waals surface area contributed by atoms with E-state index in [1.807, 2.05) is 32.0 Å². The lowest BCUT2D eigenvalue weighted by molar-refractivity contribution is -0.139. The molecular weight excluding hydrogens is 372 g/mol. The standard InChI is InChI=1S/C21H20N4O4/c1-13-7-8-15(9-14(13)2)17-10-18(24-23-17)21(28)25-22-11-16-5-3-4-6-19(16)29-12-20(26)27/h3-11H,12H2,1-2H3,(H,23,24)(H,25,28)(H,26,27)/b22-11-. The predicted octanol–water partition coefficient (Wildman–Crippen LogP) is 2.92. The van der Waals surface area contributed by atoms with Gasteiger partial charge in [-0.3, -0.25) is 9.89 Å². The monoisotopic (exact) mass is 392 g/mol. The molecule has 0 saturated heterocycles. The lowest BCUT2D eigenvalue weighted by atomic mass is 10.0. The molecule has 0 bridgehead atoms. The van der Waals surface area contributed by atoms with Gasteiger partial charge in [0, 0.05) is 11.1 Å². The molecule has 1 amide bonds. The predicted molar refractivity (Wildman–Crippen MR) is 108 cm³/mol. The minimum absolute atomic E-state index is 0.269. The third kappa shape index (κ3) is 5.07. The number of aromatic nitrogens is 2. The Bertz CT molecular complexity index is 1070. The van der Waals surface area contributed by atoms with Gasteiger partial charge in [0.25, 0.3) is 5.91 Å². The molecule has 0 fully saturated rings. The molecule has 0 unspecified atom stereocenters. The van der Waals surface area contributed by atoms with Gasteiger partial charge in [0.2, 0.25) is 0 Å². The number of carbonyl (C=O) groups is 2. The van der Waals surface area contributed by atoms with Gasteiger partial charge in [0.05, 0.1) is 11.9 Å². The second-order valence-electron chi connectivity index (χ2n) is 6.39.